The first-order valence-electron chi connectivity index (χ1n) is 14.4. The number of aliphatic hydroxyl groups is 2. The predicted molar refractivity (Wildman–Crippen MR) is 159 cm³/mol. The molecule has 0 bridgehead atoms. The number of hydrogen-bond donors (Lipinski definition) is 4. The largest absolute Gasteiger partial charge is 0.510 e. The maximum Gasteiger partial charge on any atom is 0.252 e. The first kappa shape index (κ1) is 28.8. The summed E-state index contributed by atoms with van der Waals surface area (Å²) in [6.45, 7) is 1.29. The quantitative estimate of drug-likeness (QED) is 0.366. The van der Waals surface area contributed by atoms with Crippen LogP contribution in [0.3, 0.4) is 0 Å². The molecule has 1 fully saturated rings. The summed E-state index contributed by atoms with van der Waals surface area (Å²) in [5.41, 5.74) is 7.12. The highest BCUT2D eigenvalue weighted by Crippen LogP contribution is 2.59. The summed E-state index contributed by atoms with van der Waals surface area (Å²) in [5.74, 6) is -2.43. The molecule has 10 heteroatoms. The van der Waals surface area contributed by atoms with Crippen LogP contribution in [0.25, 0.3) is 5.76 Å². The molecule has 43 heavy (non-hydrogen) atoms. The van der Waals surface area contributed by atoms with Crippen LogP contribution in [0, 0.1) is 11.8 Å². The third-order valence-electron chi connectivity index (χ3n) is 9.45. The number of methoxy groups -OCH3 is 1. The van der Waals surface area contributed by atoms with E-state index in [0.29, 0.717) is 30.7 Å². The van der Waals surface area contributed by atoms with Crippen LogP contribution in [0.5, 0.6) is 11.5 Å². The van der Waals surface area contributed by atoms with Crippen LogP contribution in [-0.2, 0) is 33.7 Å². The van der Waals surface area contributed by atoms with Crippen molar-refractivity contribution in [2.45, 2.75) is 37.5 Å². The summed E-state index contributed by atoms with van der Waals surface area (Å²) in [5, 5.41) is 34.0. The number of benzene rings is 2. The average molecular weight is 588 g/mol. The standard InChI is InChI=1S/C33H37N3O7/c1-35(2)27-21-13-18-12-20-25(28(38)24(18)31(40)33(21)22(16-43-33)26(29(27)39)32(34)41)23(37)14-19(30(20)42-4)15-36(3)11-10-17-8-6-5-7-9-17/h5-9,14,16,18,21,27,37-39H,10-13,15H2,1-4H3,(H2,34,41)/t18-,21-,27-,33+/m0/s1. The van der Waals surface area contributed by atoms with Gasteiger partial charge in [0.05, 0.1) is 36.1 Å². The van der Waals surface area contributed by atoms with Crippen LogP contribution >= 0.6 is 0 Å². The van der Waals surface area contributed by atoms with Gasteiger partial charge < -0.3 is 35.4 Å². The number of rotatable bonds is 8. The highest BCUT2D eigenvalue weighted by atomic mass is 16.5. The Labute approximate surface area is 250 Å². The van der Waals surface area contributed by atoms with E-state index >= 15 is 0 Å². The highest BCUT2D eigenvalue weighted by molar-refractivity contribution is 6.15. The van der Waals surface area contributed by atoms with Crippen LogP contribution in [0.2, 0.25) is 0 Å². The summed E-state index contributed by atoms with van der Waals surface area (Å²) in [6, 6.07) is 11.1. The van der Waals surface area contributed by atoms with E-state index in [1.165, 1.54) is 11.8 Å². The Hall–Kier alpha value is -4.28. The van der Waals surface area contributed by atoms with Gasteiger partial charge in [-0.1, -0.05) is 30.3 Å². The Balaban J connectivity index is 1.38. The molecule has 1 spiro atoms. The van der Waals surface area contributed by atoms with Crippen molar-refractivity contribution in [2.75, 3.05) is 34.8 Å². The Bertz CT molecular complexity index is 1610. The number of Topliss-reactive ketones (excluding diaryl/α,β-unsaturated/α-hetero) is 1. The molecule has 2 aromatic rings. The van der Waals surface area contributed by atoms with E-state index in [-0.39, 0.29) is 39.6 Å². The maximum atomic E-state index is 14.3. The molecule has 4 atom stereocenters. The molecule has 1 amide bonds. The molecule has 1 saturated carbocycles. The van der Waals surface area contributed by atoms with Crippen molar-refractivity contribution in [3.05, 3.63) is 87.4 Å². The minimum absolute atomic E-state index is 0.130. The monoisotopic (exact) mass is 587 g/mol. The number of primary amides is 1. The van der Waals surface area contributed by atoms with Gasteiger partial charge in [-0.25, -0.2) is 0 Å². The van der Waals surface area contributed by atoms with Gasteiger partial charge in [-0.05, 0) is 58.0 Å². The summed E-state index contributed by atoms with van der Waals surface area (Å²) < 4.78 is 11.8. The van der Waals surface area contributed by atoms with Crippen molar-refractivity contribution in [1.29, 1.82) is 0 Å². The van der Waals surface area contributed by atoms with Gasteiger partial charge in [-0.3, -0.25) is 14.5 Å². The number of hydrogen-bond acceptors (Lipinski definition) is 9. The van der Waals surface area contributed by atoms with Gasteiger partial charge in [-0.2, -0.15) is 0 Å². The highest BCUT2D eigenvalue weighted by Gasteiger charge is 2.68. The molecule has 4 aliphatic rings. The molecule has 1 heterocycles. The van der Waals surface area contributed by atoms with Gasteiger partial charge in [0.25, 0.3) is 5.91 Å². The second-order valence-electron chi connectivity index (χ2n) is 12.2. The van der Waals surface area contributed by atoms with Crippen LogP contribution in [0.1, 0.15) is 28.7 Å². The molecule has 1 aliphatic heterocycles. The number of aromatic hydroxyl groups is 1. The van der Waals surface area contributed by atoms with Crippen molar-refractivity contribution in [3.63, 3.8) is 0 Å². The average Bonchev–Trinajstić information content (AvgIpc) is 2.93. The Morgan fingerprint density at radius 2 is 1.88 bits per heavy atom. The zero-order valence-electron chi connectivity index (χ0n) is 24.8. The van der Waals surface area contributed by atoms with Crippen molar-refractivity contribution in [1.82, 2.24) is 9.80 Å². The molecule has 0 aromatic heterocycles. The SMILES string of the molecule is COc1c(CN(C)CCc2ccccc2)cc(O)c2c1C[C@H]1C[C@H]3[C@H](N(C)C)C(O)=C(C(N)=O)C4=CO[C@@]43C(=O)C1=C2O. The zero-order valence-corrected chi connectivity index (χ0v) is 24.8. The van der Waals surface area contributed by atoms with E-state index < -0.39 is 35.2 Å². The predicted octanol–water partition coefficient (Wildman–Crippen LogP) is 3.00. The fourth-order valence-electron chi connectivity index (χ4n) is 7.58. The van der Waals surface area contributed by atoms with Gasteiger partial charge in [0, 0.05) is 35.7 Å². The summed E-state index contributed by atoms with van der Waals surface area (Å²) in [6.07, 6.45) is 2.84. The lowest BCUT2D eigenvalue weighted by Crippen LogP contribution is -2.67. The summed E-state index contributed by atoms with van der Waals surface area (Å²) in [7, 11) is 7.08. The van der Waals surface area contributed by atoms with Crippen molar-refractivity contribution in [2.24, 2.45) is 17.6 Å². The number of fused-ring (bicyclic) bond motifs is 2. The second kappa shape index (κ2) is 10.5. The van der Waals surface area contributed by atoms with E-state index in [0.717, 1.165) is 18.5 Å². The number of nitrogens with zero attached hydrogens (tertiary/aromatic N) is 2. The number of likely N-dealkylation sites (N-methyl/N-ethyl adjacent to an activating group) is 2. The lowest BCUT2D eigenvalue weighted by atomic mass is 9.54. The molecule has 0 unspecified atom stereocenters. The van der Waals surface area contributed by atoms with E-state index in [1.54, 1.807) is 32.2 Å². The molecule has 3 aliphatic carbocycles. The minimum atomic E-state index is -1.57. The van der Waals surface area contributed by atoms with Crippen molar-refractivity contribution in [3.8, 4) is 11.5 Å². The van der Waals surface area contributed by atoms with E-state index in [9.17, 15) is 24.9 Å². The number of nitrogens with two attached hydrogens (primary N) is 1. The molecule has 5 N–H and O–H groups in total. The van der Waals surface area contributed by atoms with Gasteiger partial charge >= 0.3 is 0 Å². The van der Waals surface area contributed by atoms with Crippen molar-refractivity contribution < 1.29 is 34.4 Å². The van der Waals surface area contributed by atoms with Gasteiger partial charge in [-0.15, -0.1) is 0 Å². The van der Waals surface area contributed by atoms with Crippen LogP contribution in [0.4, 0.5) is 0 Å². The number of phenolic OH excluding ortho intramolecular Hbond substituents is 1. The number of aliphatic hydroxyl groups excluding tert-OH is 2. The second-order valence-corrected chi connectivity index (χ2v) is 12.2. The number of ketones is 1. The molecular formula is C33H37N3O7. The van der Waals surface area contributed by atoms with Gasteiger partial charge in [0.2, 0.25) is 11.4 Å². The van der Waals surface area contributed by atoms with Gasteiger partial charge in [0.1, 0.15) is 23.0 Å². The van der Waals surface area contributed by atoms with Crippen LogP contribution in [0.15, 0.2) is 65.1 Å². The maximum absolute atomic E-state index is 14.3. The summed E-state index contributed by atoms with van der Waals surface area (Å²) >= 11 is 0. The molecule has 0 saturated heterocycles. The third kappa shape index (κ3) is 4.23. The number of carbonyl (C=O) groups is 2. The fraction of sp³-hybridized carbons (Fsp3) is 0.394. The number of carbonyl (C=O) groups excluding carboxylic acids is 2. The topological polar surface area (TPSA) is 146 Å². The number of amides is 1. The molecular weight excluding hydrogens is 550 g/mol. The Morgan fingerprint density at radius 1 is 1.16 bits per heavy atom. The number of phenols is 1. The minimum Gasteiger partial charge on any atom is -0.510 e. The zero-order chi connectivity index (χ0) is 30.8. The molecule has 6 rings (SSSR count). The Kier molecular flexibility index (Phi) is 7.01. The molecule has 2 aromatic carbocycles. The molecule has 10 nitrogen and oxygen atoms in total. The third-order valence-corrected chi connectivity index (χ3v) is 9.45. The number of ether oxygens (including phenoxy) is 2. The first-order valence-corrected chi connectivity index (χ1v) is 14.4. The fourth-order valence-corrected chi connectivity index (χ4v) is 7.58. The molecule has 0 radical (unpaired) electrons. The smallest absolute Gasteiger partial charge is 0.252 e. The van der Waals surface area contributed by atoms with Gasteiger partial charge in [0.15, 0.2) is 0 Å². The van der Waals surface area contributed by atoms with E-state index in [2.05, 4.69) is 17.0 Å². The van der Waals surface area contributed by atoms with Crippen LogP contribution < -0.4 is 10.5 Å². The van der Waals surface area contributed by atoms with Crippen LogP contribution in [-0.4, -0.2) is 83.3 Å². The Morgan fingerprint density at radius 3 is 2.49 bits per heavy atom. The van der Waals surface area contributed by atoms with Crippen molar-refractivity contribution >= 4 is 17.4 Å². The summed E-state index contributed by atoms with van der Waals surface area (Å²) in [4.78, 5) is 30.6. The first-order chi connectivity index (χ1) is 20.5. The molecule has 226 valence electrons. The lowest BCUT2D eigenvalue weighted by molar-refractivity contribution is -0.153. The lowest BCUT2D eigenvalue weighted by Gasteiger charge is -2.56. The van der Waals surface area contributed by atoms with E-state index in [1.807, 2.05) is 25.2 Å². The normalized spacial score (nSPS) is 25.8. The van der Waals surface area contributed by atoms with E-state index in [4.69, 9.17) is 15.2 Å².